The molecule has 2 N–H and O–H groups in total. The summed E-state index contributed by atoms with van der Waals surface area (Å²) in [5.41, 5.74) is 2.80. The number of benzene rings is 1. The van der Waals surface area contributed by atoms with Crippen molar-refractivity contribution in [3.8, 4) is 5.75 Å². The molecular weight excluding hydrogens is 278 g/mol. The Bertz CT molecular complexity index is 542. The van der Waals surface area contributed by atoms with Crippen LogP contribution in [0.4, 0.5) is 0 Å². The Kier molecular flexibility index (Phi) is 5.39. The lowest BCUT2D eigenvalue weighted by Crippen LogP contribution is -2.21. The van der Waals surface area contributed by atoms with Crippen LogP contribution in [0.2, 0.25) is 0 Å². The smallest absolute Gasteiger partial charge is 0.211 e. The molecular formula is C14H21NO4S. The normalized spacial score (nSPS) is 14.8. The van der Waals surface area contributed by atoms with E-state index in [1.54, 1.807) is 0 Å². The van der Waals surface area contributed by atoms with Crippen molar-refractivity contribution in [3.05, 3.63) is 29.3 Å². The van der Waals surface area contributed by atoms with Crippen molar-refractivity contribution < 1.29 is 17.9 Å². The maximum atomic E-state index is 10.7. The monoisotopic (exact) mass is 299 g/mol. The van der Waals surface area contributed by atoms with Crippen LogP contribution in [0.25, 0.3) is 0 Å². The molecule has 0 saturated carbocycles. The quantitative estimate of drug-likeness (QED) is 0.769. The number of sulfonamides is 1. The topological polar surface area (TPSA) is 78.6 Å². The Balaban J connectivity index is 1.69. The van der Waals surface area contributed by atoms with Gasteiger partial charge in [-0.05, 0) is 48.9 Å². The van der Waals surface area contributed by atoms with Crippen LogP contribution < -0.4 is 9.88 Å². The van der Waals surface area contributed by atoms with Gasteiger partial charge in [0.05, 0.1) is 19.0 Å². The molecule has 5 nitrogen and oxygen atoms in total. The highest BCUT2D eigenvalue weighted by Crippen LogP contribution is 2.25. The molecule has 0 bridgehead atoms. The van der Waals surface area contributed by atoms with Gasteiger partial charge in [-0.15, -0.1) is 0 Å². The summed E-state index contributed by atoms with van der Waals surface area (Å²) in [5.74, 6) is 0.687. The van der Waals surface area contributed by atoms with Crippen LogP contribution in [-0.4, -0.2) is 34.0 Å². The summed E-state index contributed by atoms with van der Waals surface area (Å²) in [7, 11) is -3.44. The zero-order chi connectivity index (χ0) is 14.4. The van der Waals surface area contributed by atoms with E-state index >= 15 is 0 Å². The molecule has 0 saturated heterocycles. The van der Waals surface area contributed by atoms with Crippen molar-refractivity contribution in [1.82, 2.24) is 0 Å². The standard InChI is InChI=1S/C14H21NO4S/c15-20(16,17)10-9-18-7-8-19-14-6-5-12-3-1-2-4-13(12)11-14/h5-6,11H,1-4,7-10H2,(H2,15,16,17). The van der Waals surface area contributed by atoms with Crippen LogP contribution in [0.1, 0.15) is 24.0 Å². The zero-order valence-electron chi connectivity index (χ0n) is 11.5. The van der Waals surface area contributed by atoms with Crippen LogP contribution in [0.3, 0.4) is 0 Å². The van der Waals surface area contributed by atoms with E-state index in [4.69, 9.17) is 14.6 Å². The first-order valence-electron chi connectivity index (χ1n) is 6.87. The molecule has 1 aromatic carbocycles. The number of nitrogens with two attached hydrogens (primary N) is 1. The number of primary sulfonamides is 1. The van der Waals surface area contributed by atoms with Crippen LogP contribution in [0.5, 0.6) is 5.75 Å². The fourth-order valence-electron chi connectivity index (χ4n) is 2.30. The predicted octanol–water partition coefficient (Wildman–Crippen LogP) is 1.25. The van der Waals surface area contributed by atoms with Crippen LogP contribution in [0.15, 0.2) is 18.2 Å². The third kappa shape index (κ3) is 5.11. The number of fused-ring (bicyclic) bond motifs is 1. The molecule has 1 aliphatic rings. The van der Waals surface area contributed by atoms with E-state index in [2.05, 4.69) is 12.1 Å². The zero-order valence-corrected chi connectivity index (χ0v) is 12.3. The minimum atomic E-state index is -3.44. The molecule has 0 amide bonds. The Morgan fingerprint density at radius 1 is 1.05 bits per heavy atom. The molecule has 0 heterocycles. The molecule has 1 aliphatic carbocycles. The molecule has 0 spiro atoms. The van der Waals surface area contributed by atoms with Crippen LogP contribution in [0, 0.1) is 0 Å². The molecule has 6 heteroatoms. The SMILES string of the molecule is NS(=O)(=O)CCOCCOc1ccc2c(c1)CCCC2. The van der Waals surface area contributed by atoms with Gasteiger partial charge in [0.2, 0.25) is 10.0 Å². The number of hydrogen-bond acceptors (Lipinski definition) is 4. The van der Waals surface area contributed by atoms with E-state index in [0.717, 1.165) is 18.6 Å². The van der Waals surface area contributed by atoms with Crippen molar-refractivity contribution in [3.63, 3.8) is 0 Å². The molecule has 2 rings (SSSR count). The number of hydrogen-bond donors (Lipinski definition) is 1. The number of aryl methyl sites for hydroxylation is 2. The van der Waals surface area contributed by atoms with E-state index < -0.39 is 10.0 Å². The van der Waals surface area contributed by atoms with Gasteiger partial charge < -0.3 is 9.47 Å². The lowest BCUT2D eigenvalue weighted by Gasteiger charge is -2.16. The van der Waals surface area contributed by atoms with Gasteiger partial charge in [0, 0.05) is 0 Å². The Morgan fingerprint density at radius 3 is 2.55 bits per heavy atom. The lowest BCUT2D eigenvalue weighted by molar-refractivity contribution is 0.111. The Hall–Kier alpha value is -1.11. The minimum Gasteiger partial charge on any atom is -0.491 e. The lowest BCUT2D eigenvalue weighted by atomic mass is 9.92. The molecule has 0 unspecified atom stereocenters. The molecule has 0 fully saturated rings. The molecule has 0 aromatic heterocycles. The highest BCUT2D eigenvalue weighted by Gasteiger charge is 2.09. The summed E-state index contributed by atoms with van der Waals surface area (Å²) < 4.78 is 32.1. The highest BCUT2D eigenvalue weighted by atomic mass is 32.2. The fourth-order valence-corrected chi connectivity index (χ4v) is 2.65. The number of ether oxygens (including phenoxy) is 2. The summed E-state index contributed by atoms with van der Waals surface area (Å²) >= 11 is 0. The van der Waals surface area contributed by atoms with Crippen molar-refractivity contribution in [1.29, 1.82) is 0 Å². The predicted molar refractivity (Wildman–Crippen MR) is 77.4 cm³/mol. The van der Waals surface area contributed by atoms with Crippen LogP contribution >= 0.6 is 0 Å². The second kappa shape index (κ2) is 7.06. The first-order chi connectivity index (χ1) is 9.54. The maximum Gasteiger partial charge on any atom is 0.211 e. The summed E-state index contributed by atoms with van der Waals surface area (Å²) in [6.45, 7) is 0.863. The molecule has 0 radical (unpaired) electrons. The molecule has 1 aromatic rings. The van der Waals surface area contributed by atoms with Crippen molar-refractivity contribution in [2.75, 3.05) is 25.6 Å². The van der Waals surface area contributed by atoms with Gasteiger partial charge in [-0.1, -0.05) is 6.07 Å². The molecule has 0 aliphatic heterocycles. The average Bonchev–Trinajstić information content (AvgIpc) is 2.41. The Labute approximate surface area is 120 Å². The number of rotatable bonds is 7. The second-order valence-electron chi connectivity index (χ2n) is 4.97. The summed E-state index contributed by atoms with van der Waals surface area (Å²) in [4.78, 5) is 0. The van der Waals surface area contributed by atoms with Crippen molar-refractivity contribution >= 4 is 10.0 Å². The van der Waals surface area contributed by atoms with Gasteiger partial charge in [0.25, 0.3) is 0 Å². The van der Waals surface area contributed by atoms with Crippen molar-refractivity contribution in [2.24, 2.45) is 5.14 Å². The van der Waals surface area contributed by atoms with E-state index in [-0.39, 0.29) is 12.4 Å². The van der Waals surface area contributed by atoms with Gasteiger partial charge in [-0.25, -0.2) is 13.6 Å². The fraction of sp³-hybridized carbons (Fsp3) is 0.571. The second-order valence-corrected chi connectivity index (χ2v) is 6.70. The summed E-state index contributed by atoms with van der Waals surface area (Å²) in [5, 5.41) is 4.87. The van der Waals surface area contributed by atoms with E-state index in [1.807, 2.05) is 6.07 Å². The summed E-state index contributed by atoms with van der Waals surface area (Å²) in [6, 6.07) is 6.21. The first kappa shape index (κ1) is 15.3. The third-order valence-electron chi connectivity index (χ3n) is 3.33. The highest BCUT2D eigenvalue weighted by molar-refractivity contribution is 7.89. The van der Waals surface area contributed by atoms with Gasteiger partial charge >= 0.3 is 0 Å². The van der Waals surface area contributed by atoms with E-state index in [1.165, 1.54) is 24.0 Å². The van der Waals surface area contributed by atoms with E-state index in [0.29, 0.717) is 13.2 Å². The van der Waals surface area contributed by atoms with Gasteiger partial charge in [0.1, 0.15) is 12.4 Å². The maximum absolute atomic E-state index is 10.7. The molecule has 0 atom stereocenters. The largest absolute Gasteiger partial charge is 0.491 e. The van der Waals surface area contributed by atoms with E-state index in [9.17, 15) is 8.42 Å². The Morgan fingerprint density at radius 2 is 1.80 bits per heavy atom. The van der Waals surface area contributed by atoms with Gasteiger partial charge in [-0.2, -0.15) is 0 Å². The third-order valence-corrected chi connectivity index (χ3v) is 4.06. The average molecular weight is 299 g/mol. The minimum absolute atomic E-state index is 0.104. The molecule has 112 valence electrons. The summed E-state index contributed by atoms with van der Waals surface area (Å²) in [6.07, 6.45) is 4.79. The molecule has 20 heavy (non-hydrogen) atoms. The van der Waals surface area contributed by atoms with Crippen LogP contribution in [-0.2, 0) is 27.6 Å². The van der Waals surface area contributed by atoms with Gasteiger partial charge in [-0.3, -0.25) is 0 Å². The first-order valence-corrected chi connectivity index (χ1v) is 8.59. The van der Waals surface area contributed by atoms with Crippen molar-refractivity contribution in [2.45, 2.75) is 25.7 Å². The van der Waals surface area contributed by atoms with Gasteiger partial charge in [0.15, 0.2) is 0 Å².